The number of urea groups is 1. The van der Waals surface area contributed by atoms with E-state index in [1.54, 1.807) is 14.0 Å². The highest BCUT2D eigenvalue weighted by Crippen LogP contribution is 2.32. The van der Waals surface area contributed by atoms with Crippen LogP contribution in [0.25, 0.3) is 0 Å². The average Bonchev–Trinajstić information content (AvgIpc) is 2.84. The molecule has 5 nitrogen and oxygen atoms in total. The number of hydrogen-bond donors (Lipinski definition) is 1. The van der Waals surface area contributed by atoms with Crippen molar-refractivity contribution in [2.24, 2.45) is 0 Å². The molecular formula is C13H16N2O3S. The molecule has 0 saturated carbocycles. The Balaban J connectivity index is 2.06. The first kappa shape index (κ1) is 13.7. The highest BCUT2D eigenvalue weighted by Gasteiger charge is 2.30. The molecule has 2 rings (SSSR count). The van der Waals surface area contributed by atoms with Gasteiger partial charge in [0, 0.05) is 13.1 Å². The highest BCUT2D eigenvalue weighted by atomic mass is 32.2. The van der Waals surface area contributed by atoms with E-state index in [-0.39, 0.29) is 17.2 Å². The Kier molecular flexibility index (Phi) is 4.31. The van der Waals surface area contributed by atoms with Crippen LogP contribution in [0.1, 0.15) is 6.92 Å². The minimum Gasteiger partial charge on any atom is -0.496 e. The largest absolute Gasteiger partial charge is 0.496 e. The first-order valence-electron chi connectivity index (χ1n) is 6.02. The fourth-order valence-electron chi connectivity index (χ4n) is 1.86. The van der Waals surface area contributed by atoms with Crippen LogP contribution in [0.15, 0.2) is 29.2 Å². The van der Waals surface area contributed by atoms with Gasteiger partial charge in [0.05, 0.1) is 17.3 Å². The SMILES string of the molecule is COc1ccccc1S[C@@H](C)C(=O)N1CCNC1=O. The van der Waals surface area contributed by atoms with Gasteiger partial charge < -0.3 is 10.1 Å². The molecule has 1 aliphatic rings. The van der Waals surface area contributed by atoms with Crippen molar-refractivity contribution in [3.63, 3.8) is 0 Å². The molecule has 102 valence electrons. The van der Waals surface area contributed by atoms with E-state index in [0.29, 0.717) is 13.1 Å². The third kappa shape index (κ3) is 3.01. The van der Waals surface area contributed by atoms with Crippen molar-refractivity contribution in [2.75, 3.05) is 20.2 Å². The van der Waals surface area contributed by atoms with E-state index in [2.05, 4.69) is 5.32 Å². The molecule has 0 aromatic heterocycles. The lowest BCUT2D eigenvalue weighted by atomic mass is 10.3. The standard InChI is InChI=1S/C13H16N2O3S/c1-9(12(16)15-8-7-14-13(15)17)19-11-6-4-3-5-10(11)18-2/h3-6,9H,7-8H2,1-2H3,(H,14,17)/t9-/m0/s1. The summed E-state index contributed by atoms with van der Waals surface area (Å²) in [6, 6.07) is 7.21. The molecule has 0 spiro atoms. The van der Waals surface area contributed by atoms with Gasteiger partial charge in [-0.3, -0.25) is 9.69 Å². The van der Waals surface area contributed by atoms with Gasteiger partial charge in [-0.05, 0) is 19.1 Å². The number of methoxy groups -OCH3 is 1. The van der Waals surface area contributed by atoms with Crippen molar-refractivity contribution in [1.29, 1.82) is 0 Å². The lowest BCUT2D eigenvalue weighted by Gasteiger charge is -2.18. The number of hydrogen-bond acceptors (Lipinski definition) is 4. The number of imide groups is 1. The van der Waals surface area contributed by atoms with E-state index in [4.69, 9.17) is 4.74 Å². The van der Waals surface area contributed by atoms with Crippen molar-refractivity contribution < 1.29 is 14.3 Å². The molecule has 1 saturated heterocycles. The molecule has 6 heteroatoms. The first-order valence-corrected chi connectivity index (χ1v) is 6.90. The van der Waals surface area contributed by atoms with Crippen molar-refractivity contribution in [3.05, 3.63) is 24.3 Å². The molecule has 1 heterocycles. The number of nitrogens with zero attached hydrogens (tertiary/aromatic N) is 1. The predicted molar refractivity (Wildman–Crippen MR) is 73.4 cm³/mol. The summed E-state index contributed by atoms with van der Waals surface area (Å²) in [5.41, 5.74) is 0. The van der Waals surface area contributed by atoms with Crippen LogP contribution in [0.2, 0.25) is 0 Å². The molecule has 3 amide bonds. The number of carbonyl (C=O) groups is 2. The van der Waals surface area contributed by atoms with Gasteiger partial charge in [0.25, 0.3) is 0 Å². The summed E-state index contributed by atoms with van der Waals surface area (Å²) in [6.45, 7) is 2.76. The zero-order chi connectivity index (χ0) is 13.8. The second-order valence-electron chi connectivity index (χ2n) is 4.13. The Hall–Kier alpha value is -1.69. The fourth-order valence-corrected chi connectivity index (χ4v) is 2.89. The second kappa shape index (κ2) is 5.97. The molecule has 0 bridgehead atoms. The summed E-state index contributed by atoms with van der Waals surface area (Å²) < 4.78 is 5.25. The molecule has 1 aromatic rings. The average molecular weight is 280 g/mol. The van der Waals surface area contributed by atoms with Crippen molar-refractivity contribution >= 4 is 23.7 Å². The molecule has 1 atom stereocenters. The van der Waals surface area contributed by atoms with Gasteiger partial charge >= 0.3 is 6.03 Å². The van der Waals surface area contributed by atoms with Crippen LogP contribution in [0.3, 0.4) is 0 Å². The van der Waals surface area contributed by atoms with Crippen LogP contribution in [-0.4, -0.2) is 42.3 Å². The fraction of sp³-hybridized carbons (Fsp3) is 0.385. The number of benzene rings is 1. The molecule has 19 heavy (non-hydrogen) atoms. The normalized spacial score (nSPS) is 16.1. The van der Waals surface area contributed by atoms with Crippen molar-refractivity contribution in [2.45, 2.75) is 17.1 Å². The maximum atomic E-state index is 12.2. The van der Waals surface area contributed by atoms with E-state index >= 15 is 0 Å². The molecule has 1 N–H and O–H groups in total. The zero-order valence-corrected chi connectivity index (χ0v) is 11.7. The van der Waals surface area contributed by atoms with Gasteiger partial charge in [-0.15, -0.1) is 11.8 Å². The molecule has 1 fully saturated rings. The van der Waals surface area contributed by atoms with Gasteiger partial charge in [0.2, 0.25) is 5.91 Å². The second-order valence-corrected chi connectivity index (χ2v) is 5.52. The van der Waals surface area contributed by atoms with Crippen LogP contribution in [0.5, 0.6) is 5.75 Å². The van der Waals surface area contributed by atoms with Gasteiger partial charge in [-0.25, -0.2) is 4.79 Å². The number of thioether (sulfide) groups is 1. The molecule has 0 unspecified atom stereocenters. The maximum Gasteiger partial charge on any atom is 0.324 e. The van der Waals surface area contributed by atoms with Crippen molar-refractivity contribution in [1.82, 2.24) is 10.2 Å². The number of para-hydroxylation sites is 1. The summed E-state index contributed by atoms with van der Waals surface area (Å²) in [4.78, 5) is 25.8. The van der Waals surface area contributed by atoms with Crippen LogP contribution in [-0.2, 0) is 4.79 Å². The zero-order valence-electron chi connectivity index (χ0n) is 10.9. The van der Waals surface area contributed by atoms with Gasteiger partial charge in [0.15, 0.2) is 0 Å². The number of amides is 3. The van der Waals surface area contributed by atoms with E-state index in [9.17, 15) is 9.59 Å². The Morgan fingerprint density at radius 2 is 2.21 bits per heavy atom. The number of ether oxygens (including phenoxy) is 1. The molecule has 0 aliphatic carbocycles. The third-order valence-corrected chi connectivity index (χ3v) is 3.99. The Morgan fingerprint density at radius 3 is 2.84 bits per heavy atom. The van der Waals surface area contributed by atoms with Gasteiger partial charge in [-0.1, -0.05) is 12.1 Å². The van der Waals surface area contributed by atoms with E-state index in [1.165, 1.54) is 16.7 Å². The minimum atomic E-state index is -0.333. The van der Waals surface area contributed by atoms with Crippen LogP contribution < -0.4 is 10.1 Å². The Bertz CT molecular complexity index is 493. The molecular weight excluding hydrogens is 264 g/mol. The first-order chi connectivity index (χ1) is 9.13. The van der Waals surface area contributed by atoms with E-state index in [0.717, 1.165) is 10.6 Å². The predicted octanol–water partition coefficient (Wildman–Crippen LogP) is 1.73. The lowest BCUT2D eigenvalue weighted by molar-refractivity contribution is -0.126. The summed E-state index contributed by atoms with van der Waals surface area (Å²) >= 11 is 1.40. The van der Waals surface area contributed by atoms with E-state index in [1.807, 2.05) is 24.3 Å². The monoisotopic (exact) mass is 280 g/mol. The Labute approximate surface area is 116 Å². The van der Waals surface area contributed by atoms with E-state index < -0.39 is 0 Å². The Morgan fingerprint density at radius 1 is 1.47 bits per heavy atom. The summed E-state index contributed by atoms with van der Waals surface area (Å²) in [6.07, 6.45) is 0. The summed E-state index contributed by atoms with van der Waals surface area (Å²) in [7, 11) is 1.60. The van der Waals surface area contributed by atoms with Crippen LogP contribution >= 0.6 is 11.8 Å². The summed E-state index contributed by atoms with van der Waals surface area (Å²) in [5.74, 6) is 0.559. The highest BCUT2D eigenvalue weighted by molar-refractivity contribution is 8.00. The number of carbonyl (C=O) groups excluding carboxylic acids is 2. The molecule has 1 aromatic carbocycles. The quantitative estimate of drug-likeness (QED) is 0.853. The number of rotatable bonds is 4. The van der Waals surface area contributed by atoms with Crippen LogP contribution in [0, 0.1) is 0 Å². The van der Waals surface area contributed by atoms with Gasteiger partial charge in [-0.2, -0.15) is 0 Å². The smallest absolute Gasteiger partial charge is 0.324 e. The molecule has 1 aliphatic heterocycles. The van der Waals surface area contributed by atoms with Crippen molar-refractivity contribution in [3.8, 4) is 5.75 Å². The number of nitrogens with one attached hydrogen (secondary N) is 1. The van der Waals surface area contributed by atoms with Gasteiger partial charge in [0.1, 0.15) is 5.75 Å². The third-order valence-electron chi connectivity index (χ3n) is 2.84. The molecule has 0 radical (unpaired) electrons. The van der Waals surface area contributed by atoms with Crippen LogP contribution in [0.4, 0.5) is 4.79 Å². The topological polar surface area (TPSA) is 58.6 Å². The maximum absolute atomic E-state index is 12.2. The lowest BCUT2D eigenvalue weighted by Crippen LogP contribution is -2.38. The summed E-state index contributed by atoms with van der Waals surface area (Å²) in [5, 5.41) is 2.29. The minimum absolute atomic E-state index is 0.175.